The van der Waals surface area contributed by atoms with Crippen molar-refractivity contribution in [3.63, 3.8) is 0 Å². The molecule has 116 valence electrons. The predicted molar refractivity (Wildman–Crippen MR) is 85.1 cm³/mol. The minimum atomic E-state index is -0.310. The number of rotatable bonds is 2. The summed E-state index contributed by atoms with van der Waals surface area (Å²) >= 11 is 6.16. The Bertz CT molecular complexity index is 500. The number of piperazine rings is 1. The van der Waals surface area contributed by atoms with Gasteiger partial charge in [-0.3, -0.25) is 4.90 Å². The molecular weight excluding hydrogens is 287 g/mol. The molecule has 0 bridgehead atoms. The molecule has 2 aliphatic rings. The van der Waals surface area contributed by atoms with Crippen molar-refractivity contribution >= 4 is 11.6 Å². The van der Waals surface area contributed by atoms with E-state index in [1.165, 1.54) is 38.2 Å². The molecule has 4 heteroatoms. The molecule has 1 saturated carbocycles. The average molecular weight is 311 g/mol. The number of nitrogens with zero attached hydrogens (tertiary/aromatic N) is 1. The first kappa shape index (κ1) is 15.3. The zero-order chi connectivity index (χ0) is 14.9. The molecule has 2 fully saturated rings. The summed E-state index contributed by atoms with van der Waals surface area (Å²) in [5, 5.41) is 3.92. The summed E-state index contributed by atoms with van der Waals surface area (Å²) in [6.45, 7) is 5.02. The summed E-state index contributed by atoms with van der Waals surface area (Å²) in [6, 6.07) is 5.62. The predicted octanol–water partition coefficient (Wildman–Crippen LogP) is 3.98. The van der Waals surface area contributed by atoms with Crippen molar-refractivity contribution in [1.29, 1.82) is 0 Å². The summed E-state index contributed by atoms with van der Waals surface area (Å²) < 4.78 is 13.7. The molecule has 0 aromatic heterocycles. The van der Waals surface area contributed by atoms with Crippen LogP contribution in [0.25, 0.3) is 0 Å². The van der Waals surface area contributed by atoms with Gasteiger partial charge in [-0.15, -0.1) is 0 Å². The fourth-order valence-electron chi connectivity index (χ4n) is 3.88. The third-order valence-electron chi connectivity index (χ3n) is 5.12. The van der Waals surface area contributed by atoms with Crippen molar-refractivity contribution in [1.82, 2.24) is 10.2 Å². The zero-order valence-corrected chi connectivity index (χ0v) is 13.4. The number of benzene rings is 1. The first-order valence-electron chi connectivity index (χ1n) is 8.02. The highest BCUT2D eigenvalue weighted by molar-refractivity contribution is 6.31. The molecular formula is C17H24ClFN2. The minimum absolute atomic E-state index is 0.237. The average Bonchev–Trinajstić information content (AvgIpc) is 2.49. The highest BCUT2D eigenvalue weighted by atomic mass is 35.5. The lowest BCUT2D eigenvalue weighted by Crippen LogP contribution is -2.64. The highest BCUT2D eigenvalue weighted by Crippen LogP contribution is 2.37. The van der Waals surface area contributed by atoms with Gasteiger partial charge in [-0.1, -0.05) is 43.0 Å². The SMILES string of the molecule is CC1CN(Cc2cccc(F)c2Cl)C2(CCCCC2)CN1. The summed E-state index contributed by atoms with van der Waals surface area (Å²) in [6.07, 6.45) is 6.40. The van der Waals surface area contributed by atoms with Gasteiger partial charge in [-0.25, -0.2) is 4.39 Å². The van der Waals surface area contributed by atoms with Crippen LogP contribution in [0.2, 0.25) is 5.02 Å². The van der Waals surface area contributed by atoms with Gasteiger partial charge in [0, 0.05) is 31.2 Å². The van der Waals surface area contributed by atoms with E-state index in [1.54, 1.807) is 6.07 Å². The van der Waals surface area contributed by atoms with E-state index in [1.807, 2.05) is 6.07 Å². The molecule has 3 rings (SSSR count). The van der Waals surface area contributed by atoms with Gasteiger partial charge in [-0.05, 0) is 31.4 Å². The molecule has 1 aromatic rings. The normalized spacial score (nSPS) is 26.1. The Labute approximate surface area is 131 Å². The van der Waals surface area contributed by atoms with Gasteiger partial charge < -0.3 is 5.32 Å². The van der Waals surface area contributed by atoms with Gasteiger partial charge in [0.25, 0.3) is 0 Å². The van der Waals surface area contributed by atoms with Crippen LogP contribution in [0.4, 0.5) is 4.39 Å². The molecule has 1 aliphatic carbocycles. The van der Waals surface area contributed by atoms with Gasteiger partial charge >= 0.3 is 0 Å². The molecule has 1 saturated heterocycles. The Morgan fingerprint density at radius 3 is 2.86 bits per heavy atom. The quantitative estimate of drug-likeness (QED) is 0.889. The van der Waals surface area contributed by atoms with E-state index in [-0.39, 0.29) is 16.4 Å². The summed E-state index contributed by atoms with van der Waals surface area (Å²) in [7, 11) is 0. The Morgan fingerprint density at radius 1 is 1.33 bits per heavy atom. The van der Waals surface area contributed by atoms with Gasteiger partial charge in [0.2, 0.25) is 0 Å². The number of hydrogen-bond acceptors (Lipinski definition) is 2. The van der Waals surface area contributed by atoms with Crippen LogP contribution in [0.15, 0.2) is 18.2 Å². The van der Waals surface area contributed by atoms with E-state index in [0.717, 1.165) is 25.2 Å². The van der Waals surface area contributed by atoms with Crippen LogP contribution in [0, 0.1) is 5.82 Å². The van der Waals surface area contributed by atoms with Crippen LogP contribution in [-0.2, 0) is 6.54 Å². The fourth-order valence-corrected chi connectivity index (χ4v) is 4.06. The molecule has 1 aromatic carbocycles. The van der Waals surface area contributed by atoms with Crippen LogP contribution in [0.3, 0.4) is 0 Å². The Kier molecular flexibility index (Phi) is 4.53. The number of hydrogen-bond donors (Lipinski definition) is 1. The Morgan fingerprint density at radius 2 is 2.10 bits per heavy atom. The van der Waals surface area contributed by atoms with E-state index in [9.17, 15) is 4.39 Å². The summed E-state index contributed by atoms with van der Waals surface area (Å²) in [5.74, 6) is -0.310. The standard InChI is InChI=1S/C17H24ClFN2/c1-13-10-21(11-14-6-5-7-15(19)16(14)18)17(12-20-13)8-3-2-4-9-17/h5-7,13,20H,2-4,8-12H2,1H3. The maximum atomic E-state index is 13.7. The van der Waals surface area contributed by atoms with Crippen LogP contribution in [0.5, 0.6) is 0 Å². The maximum Gasteiger partial charge on any atom is 0.142 e. The van der Waals surface area contributed by atoms with Crippen molar-refractivity contribution in [3.8, 4) is 0 Å². The molecule has 1 N–H and O–H groups in total. The van der Waals surface area contributed by atoms with Gasteiger partial charge in [0.15, 0.2) is 0 Å². The minimum Gasteiger partial charge on any atom is -0.311 e. The van der Waals surface area contributed by atoms with Crippen LogP contribution < -0.4 is 5.32 Å². The third kappa shape index (κ3) is 3.10. The highest BCUT2D eigenvalue weighted by Gasteiger charge is 2.41. The van der Waals surface area contributed by atoms with Crippen LogP contribution >= 0.6 is 11.6 Å². The van der Waals surface area contributed by atoms with Crippen molar-refractivity contribution < 1.29 is 4.39 Å². The molecule has 2 nitrogen and oxygen atoms in total. The lowest BCUT2D eigenvalue weighted by molar-refractivity contribution is 0.00614. The first-order chi connectivity index (χ1) is 10.1. The summed E-state index contributed by atoms with van der Waals surface area (Å²) in [5.41, 5.74) is 1.15. The molecule has 21 heavy (non-hydrogen) atoms. The van der Waals surface area contributed by atoms with Crippen molar-refractivity contribution in [3.05, 3.63) is 34.6 Å². The van der Waals surface area contributed by atoms with Gasteiger partial charge in [0.1, 0.15) is 5.82 Å². The van der Waals surface area contributed by atoms with Gasteiger partial charge in [-0.2, -0.15) is 0 Å². The molecule has 1 unspecified atom stereocenters. The Balaban J connectivity index is 1.84. The van der Waals surface area contributed by atoms with Crippen LogP contribution in [0.1, 0.15) is 44.6 Å². The van der Waals surface area contributed by atoms with Crippen molar-refractivity contribution in [2.45, 2.75) is 57.2 Å². The van der Waals surface area contributed by atoms with Crippen molar-refractivity contribution in [2.24, 2.45) is 0 Å². The third-order valence-corrected chi connectivity index (χ3v) is 5.54. The van der Waals surface area contributed by atoms with Crippen molar-refractivity contribution in [2.75, 3.05) is 13.1 Å². The second-order valence-electron chi connectivity index (χ2n) is 6.66. The fraction of sp³-hybridized carbons (Fsp3) is 0.647. The molecule has 0 amide bonds. The van der Waals surface area contributed by atoms with E-state index < -0.39 is 0 Å². The lowest BCUT2D eigenvalue weighted by atomic mass is 9.78. The van der Waals surface area contributed by atoms with E-state index >= 15 is 0 Å². The zero-order valence-electron chi connectivity index (χ0n) is 12.7. The number of nitrogens with one attached hydrogen (secondary N) is 1. The first-order valence-corrected chi connectivity index (χ1v) is 8.40. The molecule has 1 aliphatic heterocycles. The monoisotopic (exact) mass is 310 g/mol. The van der Waals surface area contributed by atoms with Gasteiger partial charge in [0.05, 0.1) is 5.02 Å². The van der Waals surface area contributed by atoms with E-state index in [0.29, 0.717) is 6.04 Å². The second kappa shape index (κ2) is 6.23. The number of halogens is 2. The Hall–Kier alpha value is -0.640. The lowest BCUT2D eigenvalue weighted by Gasteiger charge is -2.51. The van der Waals surface area contributed by atoms with E-state index in [4.69, 9.17) is 11.6 Å². The topological polar surface area (TPSA) is 15.3 Å². The molecule has 1 atom stereocenters. The largest absolute Gasteiger partial charge is 0.311 e. The maximum absolute atomic E-state index is 13.7. The van der Waals surface area contributed by atoms with Crippen LogP contribution in [-0.4, -0.2) is 29.6 Å². The molecule has 0 radical (unpaired) electrons. The molecule has 1 heterocycles. The molecule has 1 spiro atoms. The second-order valence-corrected chi connectivity index (χ2v) is 7.04. The van der Waals surface area contributed by atoms with E-state index in [2.05, 4.69) is 17.1 Å². The smallest absolute Gasteiger partial charge is 0.142 e. The summed E-state index contributed by atoms with van der Waals surface area (Å²) in [4.78, 5) is 2.55.